The van der Waals surface area contributed by atoms with Crippen molar-refractivity contribution >= 4 is 10.8 Å². The minimum Gasteiger partial charge on any atom is -0.312 e. The molecule has 1 heterocycles. The largest absolute Gasteiger partial charge is 0.366 e. The molecule has 0 unspecified atom stereocenters. The lowest BCUT2D eigenvalue weighted by molar-refractivity contribution is 0.380. The van der Waals surface area contributed by atoms with Crippen molar-refractivity contribution in [2.75, 3.05) is 0 Å². The summed E-state index contributed by atoms with van der Waals surface area (Å²) in [6.07, 6.45) is 0.998. The zero-order valence-electron chi connectivity index (χ0n) is 10.6. The normalized spacial score (nSPS) is 10.8. The topological polar surface area (TPSA) is 43.1 Å². The summed E-state index contributed by atoms with van der Waals surface area (Å²) in [5.41, 5.74) is 2.53. The quantitative estimate of drug-likeness (QED) is 0.701. The average molecular weight is 251 g/mol. The summed E-state index contributed by atoms with van der Waals surface area (Å²) in [5.74, 6) is 0. The molecule has 0 spiro atoms. The first kappa shape index (κ1) is 11.7. The summed E-state index contributed by atoms with van der Waals surface area (Å²) >= 11 is 0. The van der Waals surface area contributed by atoms with Crippen LogP contribution in [0.25, 0.3) is 22.0 Å². The highest BCUT2D eigenvalue weighted by atomic mass is 16.5. The van der Waals surface area contributed by atoms with Gasteiger partial charge in [-0.05, 0) is 18.1 Å². The van der Waals surface area contributed by atoms with Crippen LogP contribution in [0, 0.1) is 0 Å². The molecule has 0 atom stereocenters. The van der Waals surface area contributed by atoms with Gasteiger partial charge in [0.25, 0.3) is 0 Å². The third-order valence-electron chi connectivity index (χ3n) is 3.26. The van der Waals surface area contributed by atoms with Gasteiger partial charge in [0.2, 0.25) is 0 Å². The van der Waals surface area contributed by atoms with Crippen LogP contribution in [0.15, 0.2) is 57.8 Å². The van der Waals surface area contributed by atoms with Crippen molar-refractivity contribution in [1.82, 2.24) is 5.16 Å². The fourth-order valence-electron chi connectivity index (χ4n) is 2.16. The van der Waals surface area contributed by atoms with E-state index >= 15 is 0 Å². The second-order valence-corrected chi connectivity index (χ2v) is 4.41. The number of nitrogens with zero attached hydrogens (tertiary/aromatic N) is 1. The zero-order chi connectivity index (χ0) is 13.2. The van der Waals surface area contributed by atoms with Crippen LogP contribution >= 0.6 is 0 Å². The van der Waals surface area contributed by atoms with E-state index in [1.54, 1.807) is 6.07 Å². The molecule has 3 aromatic rings. The fraction of sp³-hybridized carbons (Fsp3) is 0.125. The van der Waals surface area contributed by atoms with Gasteiger partial charge in [0, 0.05) is 10.9 Å². The third kappa shape index (κ3) is 2.03. The van der Waals surface area contributed by atoms with Crippen LogP contribution in [-0.4, -0.2) is 5.16 Å². The van der Waals surface area contributed by atoms with Gasteiger partial charge in [-0.25, -0.2) is 4.79 Å². The predicted molar refractivity (Wildman–Crippen MR) is 75.1 cm³/mol. The van der Waals surface area contributed by atoms with Gasteiger partial charge < -0.3 is 4.52 Å². The smallest absolute Gasteiger partial charge is 0.312 e. The average Bonchev–Trinajstić information content (AvgIpc) is 2.48. The molecular weight excluding hydrogens is 238 g/mol. The monoisotopic (exact) mass is 251 g/mol. The molecule has 0 N–H and O–H groups in total. The molecule has 0 amide bonds. The Kier molecular flexibility index (Phi) is 2.88. The number of hydrogen-bond donors (Lipinski definition) is 0. The van der Waals surface area contributed by atoms with E-state index in [9.17, 15) is 4.79 Å². The lowest BCUT2D eigenvalue weighted by atomic mass is 10.0. The summed E-state index contributed by atoms with van der Waals surface area (Å²) in [7, 11) is 0. The first-order valence-corrected chi connectivity index (χ1v) is 6.27. The van der Waals surface area contributed by atoms with Crippen molar-refractivity contribution in [2.45, 2.75) is 13.3 Å². The van der Waals surface area contributed by atoms with E-state index in [2.05, 4.69) is 24.2 Å². The molecule has 0 aliphatic heterocycles. The van der Waals surface area contributed by atoms with Crippen molar-refractivity contribution in [3.8, 4) is 11.3 Å². The molecule has 3 heteroatoms. The Bertz CT molecular complexity index is 773. The van der Waals surface area contributed by atoms with E-state index < -0.39 is 5.63 Å². The molecule has 3 rings (SSSR count). The molecule has 0 bridgehead atoms. The van der Waals surface area contributed by atoms with Gasteiger partial charge in [-0.2, -0.15) is 0 Å². The van der Waals surface area contributed by atoms with Crippen molar-refractivity contribution in [2.24, 2.45) is 0 Å². The van der Waals surface area contributed by atoms with Crippen LogP contribution in [0.5, 0.6) is 0 Å². The zero-order valence-corrected chi connectivity index (χ0v) is 10.6. The molecule has 3 nitrogen and oxygen atoms in total. The van der Waals surface area contributed by atoms with Gasteiger partial charge in [0.15, 0.2) is 0 Å². The van der Waals surface area contributed by atoms with Crippen molar-refractivity contribution in [3.05, 3.63) is 64.5 Å². The first-order valence-electron chi connectivity index (χ1n) is 6.27. The maximum absolute atomic E-state index is 11.6. The van der Waals surface area contributed by atoms with Gasteiger partial charge >= 0.3 is 5.63 Å². The summed E-state index contributed by atoms with van der Waals surface area (Å²) in [5, 5.41) is 5.33. The van der Waals surface area contributed by atoms with Gasteiger partial charge in [0.05, 0.1) is 5.39 Å². The Hall–Kier alpha value is -2.42. The number of benzene rings is 2. The highest BCUT2D eigenvalue weighted by Crippen LogP contribution is 2.24. The highest BCUT2D eigenvalue weighted by molar-refractivity contribution is 5.93. The molecule has 0 aliphatic rings. The Morgan fingerprint density at radius 3 is 2.37 bits per heavy atom. The van der Waals surface area contributed by atoms with Gasteiger partial charge in [-0.15, -0.1) is 0 Å². The highest BCUT2D eigenvalue weighted by Gasteiger charge is 2.09. The number of aryl methyl sites for hydroxylation is 1. The van der Waals surface area contributed by atoms with Crippen molar-refractivity contribution in [1.29, 1.82) is 0 Å². The van der Waals surface area contributed by atoms with Crippen molar-refractivity contribution < 1.29 is 4.52 Å². The second kappa shape index (κ2) is 4.69. The van der Waals surface area contributed by atoms with E-state index in [-0.39, 0.29) is 0 Å². The molecule has 94 valence electrons. The predicted octanol–water partition coefficient (Wildman–Crippen LogP) is 3.42. The van der Waals surface area contributed by atoms with Crippen LogP contribution in [0.3, 0.4) is 0 Å². The second-order valence-electron chi connectivity index (χ2n) is 4.41. The molecular formula is C16H13NO2. The molecule has 19 heavy (non-hydrogen) atoms. The Balaban J connectivity index is 2.24. The minimum absolute atomic E-state index is 0.399. The molecule has 0 saturated carbocycles. The lowest BCUT2D eigenvalue weighted by Gasteiger charge is -2.04. The number of hydrogen-bond acceptors (Lipinski definition) is 3. The van der Waals surface area contributed by atoms with Crippen LogP contribution in [0.4, 0.5) is 0 Å². The summed E-state index contributed by atoms with van der Waals surface area (Å²) in [6.45, 7) is 2.12. The molecule has 2 aromatic carbocycles. The third-order valence-corrected chi connectivity index (χ3v) is 3.26. The maximum atomic E-state index is 11.6. The molecule has 0 aliphatic carbocycles. The lowest BCUT2D eigenvalue weighted by Crippen LogP contribution is -2.02. The Morgan fingerprint density at radius 2 is 1.68 bits per heavy atom. The maximum Gasteiger partial charge on any atom is 0.366 e. The Labute approximate surface area is 110 Å². The molecule has 0 fully saturated rings. The van der Waals surface area contributed by atoms with Crippen LogP contribution in [0.2, 0.25) is 0 Å². The number of fused-ring (bicyclic) bond motifs is 1. The van der Waals surface area contributed by atoms with E-state index in [0.717, 1.165) is 17.4 Å². The SMILES string of the molecule is CCc1ccc(-c2noc(=O)c3ccccc23)cc1. The number of aromatic nitrogens is 1. The molecule has 0 saturated heterocycles. The van der Waals surface area contributed by atoms with Crippen LogP contribution in [-0.2, 0) is 6.42 Å². The Morgan fingerprint density at radius 1 is 1.00 bits per heavy atom. The first-order chi connectivity index (χ1) is 9.29. The van der Waals surface area contributed by atoms with Gasteiger partial charge in [-0.3, -0.25) is 0 Å². The van der Waals surface area contributed by atoms with E-state index in [1.165, 1.54) is 5.56 Å². The summed E-state index contributed by atoms with van der Waals surface area (Å²) < 4.78 is 4.88. The standard InChI is InChI=1S/C16H13NO2/c1-2-11-7-9-12(10-8-11)15-13-5-3-4-6-14(13)16(18)19-17-15/h3-10H,2H2,1H3. The minimum atomic E-state index is -0.399. The van der Waals surface area contributed by atoms with E-state index in [0.29, 0.717) is 11.1 Å². The van der Waals surface area contributed by atoms with E-state index in [1.807, 2.05) is 30.3 Å². The number of rotatable bonds is 2. The van der Waals surface area contributed by atoms with Gasteiger partial charge in [0.1, 0.15) is 5.69 Å². The van der Waals surface area contributed by atoms with Crippen LogP contribution < -0.4 is 5.63 Å². The summed E-state index contributed by atoms with van der Waals surface area (Å²) in [6, 6.07) is 15.5. The van der Waals surface area contributed by atoms with Crippen molar-refractivity contribution in [3.63, 3.8) is 0 Å². The molecule has 1 aromatic heterocycles. The summed E-state index contributed by atoms with van der Waals surface area (Å²) in [4.78, 5) is 11.6. The van der Waals surface area contributed by atoms with Gasteiger partial charge in [-0.1, -0.05) is 54.5 Å². The fourth-order valence-corrected chi connectivity index (χ4v) is 2.16. The molecule has 0 radical (unpaired) electrons. The van der Waals surface area contributed by atoms with E-state index in [4.69, 9.17) is 4.52 Å². The van der Waals surface area contributed by atoms with Crippen LogP contribution in [0.1, 0.15) is 12.5 Å².